The average Bonchev–Trinajstić information content (AvgIpc) is 3.15. The van der Waals surface area contributed by atoms with Crippen molar-refractivity contribution in [3.05, 3.63) is 54.1 Å². The lowest BCUT2D eigenvalue weighted by molar-refractivity contribution is 0.102. The van der Waals surface area contributed by atoms with Crippen molar-refractivity contribution in [2.75, 3.05) is 19.0 Å². The Morgan fingerprint density at radius 3 is 2.38 bits per heavy atom. The maximum Gasteiger partial charge on any atom is 0.256 e. The van der Waals surface area contributed by atoms with Crippen molar-refractivity contribution in [3.8, 4) is 22.8 Å². The van der Waals surface area contributed by atoms with E-state index in [1.807, 2.05) is 31.2 Å². The molecule has 0 aliphatic carbocycles. The fraction of sp³-hybridized carbons (Fsp3) is 0.211. The van der Waals surface area contributed by atoms with Gasteiger partial charge in [-0.2, -0.15) is 0 Å². The van der Waals surface area contributed by atoms with Gasteiger partial charge < -0.3 is 14.8 Å². The Morgan fingerprint density at radius 1 is 1.04 bits per heavy atom. The van der Waals surface area contributed by atoms with Crippen molar-refractivity contribution in [1.29, 1.82) is 0 Å². The van der Waals surface area contributed by atoms with Gasteiger partial charge in [0.2, 0.25) is 5.82 Å². The minimum atomic E-state index is -0.312. The van der Waals surface area contributed by atoms with Gasteiger partial charge in [-0.15, -0.1) is 0 Å². The summed E-state index contributed by atoms with van der Waals surface area (Å²) in [7, 11) is 1.57. The summed E-state index contributed by atoms with van der Waals surface area (Å²) in [5, 5.41) is 10.4. The smallest absolute Gasteiger partial charge is 0.256 e. The van der Waals surface area contributed by atoms with E-state index in [4.69, 9.17) is 14.1 Å². The summed E-state index contributed by atoms with van der Waals surface area (Å²) >= 11 is 0. The third-order valence-corrected chi connectivity index (χ3v) is 3.67. The number of hydrogen-bond donors (Lipinski definition) is 1. The van der Waals surface area contributed by atoms with E-state index in [1.165, 1.54) is 0 Å². The van der Waals surface area contributed by atoms with Crippen LogP contribution in [0.2, 0.25) is 0 Å². The summed E-state index contributed by atoms with van der Waals surface area (Å²) in [5.41, 5.74) is 1.69. The van der Waals surface area contributed by atoms with Crippen molar-refractivity contribution in [3.63, 3.8) is 0 Å². The second kappa shape index (κ2) is 8.15. The Labute approximate surface area is 150 Å². The largest absolute Gasteiger partial charge is 0.497 e. The van der Waals surface area contributed by atoms with E-state index in [0.29, 0.717) is 23.6 Å². The molecule has 0 aliphatic rings. The van der Waals surface area contributed by atoms with E-state index in [2.05, 4.69) is 15.6 Å². The molecule has 3 aromatic rings. The van der Waals surface area contributed by atoms with Crippen LogP contribution >= 0.6 is 0 Å². The first-order chi connectivity index (χ1) is 12.7. The summed E-state index contributed by atoms with van der Waals surface area (Å²) in [5.74, 6) is 1.40. The molecule has 0 saturated heterocycles. The summed E-state index contributed by atoms with van der Waals surface area (Å²) < 4.78 is 15.4. The predicted octanol–water partition coefficient (Wildman–Crippen LogP) is 3.79. The number of rotatable bonds is 7. The fourth-order valence-corrected chi connectivity index (χ4v) is 2.31. The molecule has 7 nitrogen and oxygen atoms in total. The summed E-state index contributed by atoms with van der Waals surface area (Å²) in [4.78, 5) is 12.4. The van der Waals surface area contributed by atoms with Crippen LogP contribution in [0.5, 0.6) is 11.5 Å². The molecule has 0 aliphatic heterocycles. The number of amides is 1. The molecule has 1 N–H and O–H groups in total. The molecule has 0 unspecified atom stereocenters. The van der Waals surface area contributed by atoms with E-state index in [0.717, 1.165) is 17.7 Å². The molecule has 0 fully saturated rings. The standard InChI is InChI=1S/C19H19N3O4/c1-3-12-25-16-10-4-13(5-11-16)17-18(22-26-21-17)20-19(23)14-6-8-15(24-2)9-7-14/h4-11H,3,12H2,1-2H3,(H,20,22,23). The molecule has 1 heterocycles. The molecule has 0 radical (unpaired) electrons. The molecular weight excluding hydrogens is 334 g/mol. The van der Waals surface area contributed by atoms with Gasteiger partial charge >= 0.3 is 0 Å². The van der Waals surface area contributed by atoms with Crippen LogP contribution in [0.4, 0.5) is 5.82 Å². The van der Waals surface area contributed by atoms with Crippen LogP contribution in [0.15, 0.2) is 53.2 Å². The number of nitrogens with one attached hydrogen (secondary N) is 1. The van der Waals surface area contributed by atoms with Crippen LogP contribution in [-0.2, 0) is 0 Å². The number of carbonyl (C=O) groups excluding carboxylic acids is 1. The first kappa shape index (κ1) is 17.5. The highest BCUT2D eigenvalue weighted by molar-refractivity contribution is 6.05. The van der Waals surface area contributed by atoms with Crippen molar-refractivity contribution < 1.29 is 18.9 Å². The van der Waals surface area contributed by atoms with Gasteiger partial charge in [-0.05, 0) is 65.3 Å². The summed E-state index contributed by atoms with van der Waals surface area (Å²) in [6, 6.07) is 14.1. The molecule has 1 aromatic heterocycles. The number of ether oxygens (including phenoxy) is 2. The summed E-state index contributed by atoms with van der Waals surface area (Å²) in [6.07, 6.45) is 0.941. The maximum atomic E-state index is 12.4. The highest BCUT2D eigenvalue weighted by Crippen LogP contribution is 2.26. The average molecular weight is 353 g/mol. The van der Waals surface area contributed by atoms with E-state index >= 15 is 0 Å². The van der Waals surface area contributed by atoms with Gasteiger partial charge in [-0.3, -0.25) is 4.79 Å². The SMILES string of the molecule is CCCOc1ccc(-c2nonc2NC(=O)c2ccc(OC)cc2)cc1. The van der Waals surface area contributed by atoms with E-state index < -0.39 is 0 Å². The zero-order valence-corrected chi connectivity index (χ0v) is 14.6. The molecule has 134 valence electrons. The van der Waals surface area contributed by atoms with Crippen LogP contribution in [0.1, 0.15) is 23.7 Å². The number of anilines is 1. The van der Waals surface area contributed by atoms with Crippen LogP contribution < -0.4 is 14.8 Å². The van der Waals surface area contributed by atoms with Crippen molar-refractivity contribution >= 4 is 11.7 Å². The Kier molecular flexibility index (Phi) is 5.48. The number of carbonyl (C=O) groups is 1. The normalized spacial score (nSPS) is 10.4. The Balaban J connectivity index is 1.74. The van der Waals surface area contributed by atoms with Crippen molar-refractivity contribution in [2.45, 2.75) is 13.3 Å². The van der Waals surface area contributed by atoms with Gasteiger partial charge in [-0.25, -0.2) is 4.63 Å². The molecule has 3 rings (SSSR count). The molecule has 2 aromatic carbocycles. The van der Waals surface area contributed by atoms with Gasteiger partial charge in [0, 0.05) is 11.1 Å². The molecule has 1 amide bonds. The third-order valence-electron chi connectivity index (χ3n) is 3.67. The van der Waals surface area contributed by atoms with Crippen molar-refractivity contribution in [1.82, 2.24) is 10.3 Å². The zero-order chi connectivity index (χ0) is 18.4. The molecule has 0 saturated carbocycles. The zero-order valence-electron chi connectivity index (χ0n) is 14.6. The van der Waals surface area contributed by atoms with Gasteiger partial charge in [0.25, 0.3) is 5.91 Å². The molecule has 7 heteroatoms. The highest BCUT2D eigenvalue weighted by atomic mass is 16.6. The minimum absolute atomic E-state index is 0.257. The Bertz CT molecular complexity index is 857. The summed E-state index contributed by atoms with van der Waals surface area (Å²) in [6.45, 7) is 2.71. The van der Waals surface area contributed by atoms with E-state index in [1.54, 1.807) is 31.4 Å². The number of methoxy groups -OCH3 is 1. The van der Waals surface area contributed by atoms with E-state index in [9.17, 15) is 4.79 Å². The van der Waals surface area contributed by atoms with Crippen LogP contribution in [0.25, 0.3) is 11.3 Å². The first-order valence-electron chi connectivity index (χ1n) is 8.22. The predicted molar refractivity (Wildman–Crippen MR) is 96.5 cm³/mol. The van der Waals surface area contributed by atoms with Gasteiger partial charge in [0.1, 0.15) is 11.5 Å². The molecule has 0 bridgehead atoms. The van der Waals surface area contributed by atoms with E-state index in [-0.39, 0.29) is 11.7 Å². The number of aromatic nitrogens is 2. The Morgan fingerprint density at radius 2 is 1.73 bits per heavy atom. The Hall–Kier alpha value is -3.35. The van der Waals surface area contributed by atoms with Gasteiger partial charge in [0.15, 0.2) is 5.69 Å². The quantitative estimate of drug-likeness (QED) is 0.695. The second-order valence-corrected chi connectivity index (χ2v) is 5.52. The monoisotopic (exact) mass is 353 g/mol. The fourth-order valence-electron chi connectivity index (χ4n) is 2.31. The van der Waals surface area contributed by atoms with Gasteiger partial charge in [-0.1, -0.05) is 6.92 Å². The van der Waals surface area contributed by atoms with Crippen molar-refractivity contribution in [2.24, 2.45) is 0 Å². The lowest BCUT2D eigenvalue weighted by Gasteiger charge is -2.06. The second-order valence-electron chi connectivity index (χ2n) is 5.52. The number of benzene rings is 2. The lowest BCUT2D eigenvalue weighted by atomic mass is 10.1. The first-order valence-corrected chi connectivity index (χ1v) is 8.22. The molecular formula is C19H19N3O4. The highest BCUT2D eigenvalue weighted by Gasteiger charge is 2.16. The minimum Gasteiger partial charge on any atom is -0.497 e. The number of hydrogen-bond acceptors (Lipinski definition) is 6. The number of nitrogens with zero attached hydrogens (tertiary/aromatic N) is 2. The molecule has 26 heavy (non-hydrogen) atoms. The topological polar surface area (TPSA) is 86.5 Å². The molecule has 0 spiro atoms. The third kappa shape index (κ3) is 4.00. The van der Waals surface area contributed by atoms with Crippen LogP contribution in [-0.4, -0.2) is 29.9 Å². The maximum absolute atomic E-state index is 12.4. The van der Waals surface area contributed by atoms with Crippen LogP contribution in [0.3, 0.4) is 0 Å². The lowest BCUT2D eigenvalue weighted by Crippen LogP contribution is -2.12. The van der Waals surface area contributed by atoms with Gasteiger partial charge in [0.05, 0.1) is 13.7 Å². The molecule has 0 atom stereocenters. The van der Waals surface area contributed by atoms with Crippen LogP contribution in [0, 0.1) is 0 Å².